The minimum absolute atomic E-state index is 0.0196. The number of carbonyl (C=O) groups excluding carboxylic acids is 1. The second-order valence-electron chi connectivity index (χ2n) is 4.24. The van der Waals surface area contributed by atoms with Crippen LogP contribution in [0.15, 0.2) is 27.6 Å². The Morgan fingerprint density at radius 3 is 2.62 bits per heavy atom. The number of benzene rings is 1. The Kier molecular flexibility index (Phi) is 4.87. The normalized spacial score (nSPS) is 10.6. The average Bonchev–Trinajstić information content (AvgIpc) is 2.15. The molecule has 0 aliphatic carbocycles. The molecule has 0 atom stereocenters. The van der Waals surface area contributed by atoms with E-state index in [1.807, 2.05) is 19.2 Å². The summed E-state index contributed by atoms with van der Waals surface area (Å²) < 4.78 is 0.931. The highest BCUT2D eigenvalue weighted by Gasteiger charge is 2.15. The maximum Gasteiger partial charge on any atom is 0.254 e. The standard InChI is InChI=1S/C12H16BrNOS/c1-8(2)7-14(3)12(15)10-5-4-9(13)6-11(10)16/h4-6,8,16H,7H2,1-3H3. The van der Waals surface area contributed by atoms with E-state index in [1.165, 1.54) is 0 Å². The topological polar surface area (TPSA) is 20.3 Å². The van der Waals surface area contributed by atoms with E-state index in [4.69, 9.17) is 0 Å². The highest BCUT2D eigenvalue weighted by molar-refractivity contribution is 9.10. The zero-order chi connectivity index (χ0) is 12.3. The SMILES string of the molecule is CC(C)CN(C)C(=O)c1ccc(Br)cc1S. The lowest BCUT2D eigenvalue weighted by atomic mass is 10.1. The van der Waals surface area contributed by atoms with Crippen LogP contribution in [0.4, 0.5) is 0 Å². The lowest BCUT2D eigenvalue weighted by Gasteiger charge is -2.20. The second kappa shape index (κ2) is 5.73. The van der Waals surface area contributed by atoms with Gasteiger partial charge >= 0.3 is 0 Å². The van der Waals surface area contributed by atoms with Gasteiger partial charge in [0.25, 0.3) is 5.91 Å². The first kappa shape index (κ1) is 13.6. The van der Waals surface area contributed by atoms with Crippen LogP contribution in [0.2, 0.25) is 0 Å². The Morgan fingerprint density at radius 1 is 1.50 bits per heavy atom. The number of halogens is 1. The van der Waals surface area contributed by atoms with E-state index in [9.17, 15) is 4.79 Å². The number of thiol groups is 1. The van der Waals surface area contributed by atoms with E-state index in [1.54, 1.807) is 11.0 Å². The molecular weight excluding hydrogens is 286 g/mol. The quantitative estimate of drug-likeness (QED) is 0.848. The van der Waals surface area contributed by atoms with E-state index in [2.05, 4.69) is 42.4 Å². The summed E-state index contributed by atoms with van der Waals surface area (Å²) in [6.07, 6.45) is 0. The Balaban J connectivity index is 2.88. The van der Waals surface area contributed by atoms with Crippen molar-refractivity contribution in [3.8, 4) is 0 Å². The molecule has 0 fully saturated rings. The summed E-state index contributed by atoms with van der Waals surface area (Å²) in [6, 6.07) is 5.49. The Hall–Kier alpha value is -0.480. The van der Waals surface area contributed by atoms with Gasteiger partial charge in [-0.2, -0.15) is 0 Å². The van der Waals surface area contributed by atoms with Crippen LogP contribution >= 0.6 is 28.6 Å². The number of carbonyl (C=O) groups is 1. The molecule has 0 saturated heterocycles. The van der Waals surface area contributed by atoms with Gasteiger partial charge in [-0.05, 0) is 24.1 Å². The summed E-state index contributed by atoms with van der Waals surface area (Å²) in [5.41, 5.74) is 0.648. The fourth-order valence-corrected chi connectivity index (χ4v) is 2.37. The molecule has 4 heteroatoms. The maximum atomic E-state index is 12.1. The lowest BCUT2D eigenvalue weighted by Crippen LogP contribution is -2.30. The average molecular weight is 302 g/mol. The van der Waals surface area contributed by atoms with Crippen molar-refractivity contribution >= 4 is 34.5 Å². The number of nitrogens with zero attached hydrogens (tertiary/aromatic N) is 1. The highest BCUT2D eigenvalue weighted by Crippen LogP contribution is 2.21. The molecule has 0 aliphatic rings. The third kappa shape index (κ3) is 3.52. The van der Waals surface area contributed by atoms with E-state index in [-0.39, 0.29) is 5.91 Å². The Bertz CT molecular complexity index is 393. The zero-order valence-corrected chi connectivity index (χ0v) is 12.2. The van der Waals surface area contributed by atoms with Gasteiger partial charge in [0.2, 0.25) is 0 Å². The van der Waals surface area contributed by atoms with Crippen molar-refractivity contribution in [3.05, 3.63) is 28.2 Å². The van der Waals surface area contributed by atoms with E-state index in [0.29, 0.717) is 16.4 Å². The first-order valence-corrected chi connectivity index (χ1v) is 6.39. The van der Waals surface area contributed by atoms with Gasteiger partial charge < -0.3 is 4.90 Å². The molecule has 16 heavy (non-hydrogen) atoms. The molecule has 0 bridgehead atoms. The smallest absolute Gasteiger partial charge is 0.254 e. The lowest BCUT2D eigenvalue weighted by molar-refractivity contribution is 0.0776. The fourth-order valence-electron chi connectivity index (χ4n) is 1.52. The molecular formula is C12H16BrNOS. The molecule has 2 nitrogen and oxygen atoms in total. The van der Waals surface area contributed by atoms with E-state index >= 15 is 0 Å². The van der Waals surface area contributed by atoms with Gasteiger partial charge in [-0.1, -0.05) is 29.8 Å². The van der Waals surface area contributed by atoms with Crippen LogP contribution < -0.4 is 0 Å². The molecule has 0 saturated carbocycles. The summed E-state index contributed by atoms with van der Waals surface area (Å²) >= 11 is 7.66. The largest absolute Gasteiger partial charge is 0.341 e. The molecule has 0 unspecified atom stereocenters. The molecule has 1 rings (SSSR count). The molecule has 88 valence electrons. The molecule has 0 aromatic heterocycles. The van der Waals surface area contributed by atoms with Gasteiger partial charge in [-0.15, -0.1) is 12.6 Å². The number of hydrogen-bond donors (Lipinski definition) is 1. The Morgan fingerprint density at radius 2 is 2.12 bits per heavy atom. The van der Waals surface area contributed by atoms with Crippen molar-refractivity contribution in [2.75, 3.05) is 13.6 Å². The molecule has 0 radical (unpaired) electrons. The van der Waals surface area contributed by atoms with Gasteiger partial charge in [0.1, 0.15) is 0 Å². The van der Waals surface area contributed by atoms with Gasteiger partial charge in [-0.3, -0.25) is 4.79 Å². The number of amides is 1. The van der Waals surface area contributed by atoms with Crippen LogP contribution in [0.5, 0.6) is 0 Å². The first-order chi connectivity index (χ1) is 7.41. The van der Waals surface area contributed by atoms with Crippen molar-refractivity contribution in [3.63, 3.8) is 0 Å². The van der Waals surface area contributed by atoms with Crippen molar-refractivity contribution in [2.45, 2.75) is 18.7 Å². The van der Waals surface area contributed by atoms with Crippen molar-refractivity contribution in [1.82, 2.24) is 4.90 Å². The van der Waals surface area contributed by atoms with Crippen LogP contribution in [0, 0.1) is 5.92 Å². The van der Waals surface area contributed by atoms with Crippen LogP contribution in [0.25, 0.3) is 0 Å². The first-order valence-electron chi connectivity index (χ1n) is 5.15. The highest BCUT2D eigenvalue weighted by atomic mass is 79.9. The Labute approximate surface area is 111 Å². The summed E-state index contributed by atoms with van der Waals surface area (Å²) in [5, 5.41) is 0. The van der Waals surface area contributed by atoms with Crippen molar-refractivity contribution in [2.24, 2.45) is 5.92 Å². The summed E-state index contributed by atoms with van der Waals surface area (Å²) in [4.78, 5) is 14.5. The predicted octanol–water partition coefficient (Wildman–Crippen LogP) is 3.47. The molecule has 0 heterocycles. The van der Waals surface area contributed by atoms with Gasteiger partial charge in [0.05, 0.1) is 5.56 Å². The van der Waals surface area contributed by atoms with E-state index < -0.39 is 0 Å². The fraction of sp³-hybridized carbons (Fsp3) is 0.417. The van der Waals surface area contributed by atoms with Crippen LogP contribution in [0.3, 0.4) is 0 Å². The van der Waals surface area contributed by atoms with Crippen LogP contribution in [-0.4, -0.2) is 24.4 Å². The van der Waals surface area contributed by atoms with E-state index in [0.717, 1.165) is 11.0 Å². The van der Waals surface area contributed by atoms with Gasteiger partial charge in [0, 0.05) is 23.0 Å². The molecule has 0 aliphatic heterocycles. The molecule has 0 spiro atoms. The zero-order valence-electron chi connectivity index (χ0n) is 9.70. The number of rotatable bonds is 3. The number of hydrogen-bond acceptors (Lipinski definition) is 2. The molecule has 0 N–H and O–H groups in total. The molecule has 1 amide bonds. The minimum Gasteiger partial charge on any atom is -0.341 e. The van der Waals surface area contributed by atoms with Crippen molar-refractivity contribution < 1.29 is 4.79 Å². The minimum atomic E-state index is 0.0196. The summed E-state index contributed by atoms with van der Waals surface area (Å²) in [5.74, 6) is 0.485. The van der Waals surface area contributed by atoms with Crippen molar-refractivity contribution in [1.29, 1.82) is 0 Å². The van der Waals surface area contributed by atoms with Crippen LogP contribution in [-0.2, 0) is 0 Å². The monoisotopic (exact) mass is 301 g/mol. The third-order valence-corrected chi connectivity index (χ3v) is 3.04. The third-order valence-electron chi connectivity index (χ3n) is 2.18. The molecule has 1 aromatic carbocycles. The maximum absolute atomic E-state index is 12.1. The summed E-state index contributed by atoms with van der Waals surface area (Å²) in [7, 11) is 1.82. The van der Waals surface area contributed by atoms with Gasteiger partial charge in [0.15, 0.2) is 0 Å². The molecule has 1 aromatic rings. The second-order valence-corrected chi connectivity index (χ2v) is 5.64. The van der Waals surface area contributed by atoms with Gasteiger partial charge in [-0.25, -0.2) is 0 Å². The predicted molar refractivity (Wildman–Crippen MR) is 73.2 cm³/mol. The summed E-state index contributed by atoms with van der Waals surface area (Å²) in [6.45, 7) is 4.93. The van der Waals surface area contributed by atoms with Crippen LogP contribution in [0.1, 0.15) is 24.2 Å².